The Morgan fingerprint density at radius 2 is 1.81 bits per heavy atom. The van der Waals surface area contributed by atoms with Crippen LogP contribution in [0.25, 0.3) is 0 Å². The Bertz CT molecular complexity index is 663. The highest BCUT2D eigenvalue weighted by atomic mass is 32.2. The molecule has 2 rings (SSSR count). The number of nitrogens with one attached hydrogen (secondary N) is 1. The molecule has 1 aromatic heterocycles. The first-order chi connectivity index (χ1) is 10.1. The maximum absolute atomic E-state index is 11.8. The Morgan fingerprint density at radius 1 is 1.05 bits per heavy atom. The molecule has 1 amide bonds. The first-order valence-electron chi connectivity index (χ1n) is 6.65. The molecular formula is C15H17NO4S. The van der Waals surface area contributed by atoms with E-state index in [9.17, 15) is 13.2 Å². The smallest absolute Gasteiger partial charge is 0.235 e. The van der Waals surface area contributed by atoms with E-state index in [1.807, 2.05) is 30.3 Å². The monoisotopic (exact) mass is 307 g/mol. The second-order valence-electron chi connectivity index (χ2n) is 4.66. The summed E-state index contributed by atoms with van der Waals surface area (Å²) in [4.78, 5) is 11.6. The molecule has 0 saturated heterocycles. The van der Waals surface area contributed by atoms with Gasteiger partial charge in [0.25, 0.3) is 0 Å². The molecule has 0 aliphatic heterocycles. The number of carbonyl (C=O) groups is 1. The lowest BCUT2D eigenvalue weighted by Gasteiger charge is -2.06. The molecule has 0 saturated carbocycles. The summed E-state index contributed by atoms with van der Waals surface area (Å²) in [6, 6.07) is 12.8. The minimum atomic E-state index is -3.60. The Hall–Kier alpha value is -2.08. The van der Waals surface area contributed by atoms with E-state index in [1.165, 1.54) is 6.26 Å². The molecular weight excluding hydrogens is 290 g/mol. The molecule has 5 nitrogen and oxygen atoms in total. The standard InChI is InChI=1S/C15H17NO4S/c17-15(9-8-14-7-4-11-20-14)16-21(18,19)12-10-13-5-2-1-3-6-13/h1-7,11H,8-10,12H2,(H,16,17). The van der Waals surface area contributed by atoms with Crippen LogP contribution in [0.15, 0.2) is 53.1 Å². The number of amides is 1. The predicted molar refractivity (Wildman–Crippen MR) is 79.1 cm³/mol. The first kappa shape index (κ1) is 15.3. The minimum absolute atomic E-state index is 0.0814. The third-order valence-electron chi connectivity index (χ3n) is 2.95. The average Bonchev–Trinajstić information content (AvgIpc) is 2.97. The second kappa shape index (κ2) is 7.08. The highest BCUT2D eigenvalue weighted by molar-refractivity contribution is 7.90. The number of aryl methyl sites for hydroxylation is 2. The van der Waals surface area contributed by atoms with Crippen molar-refractivity contribution in [1.82, 2.24) is 4.72 Å². The van der Waals surface area contributed by atoms with Gasteiger partial charge in [0, 0.05) is 12.8 Å². The summed E-state index contributed by atoms with van der Waals surface area (Å²) >= 11 is 0. The van der Waals surface area contributed by atoms with Crippen LogP contribution in [0.2, 0.25) is 0 Å². The zero-order chi connectivity index (χ0) is 15.1. The molecule has 1 heterocycles. The number of furan rings is 1. The van der Waals surface area contributed by atoms with Crippen molar-refractivity contribution in [3.8, 4) is 0 Å². The van der Waals surface area contributed by atoms with Gasteiger partial charge in [-0.25, -0.2) is 8.42 Å². The lowest BCUT2D eigenvalue weighted by molar-refractivity contribution is -0.119. The van der Waals surface area contributed by atoms with Crippen molar-refractivity contribution in [3.05, 3.63) is 60.1 Å². The molecule has 1 N–H and O–H groups in total. The quantitative estimate of drug-likeness (QED) is 0.847. The van der Waals surface area contributed by atoms with Crippen LogP contribution in [0.1, 0.15) is 17.7 Å². The van der Waals surface area contributed by atoms with E-state index in [0.29, 0.717) is 18.6 Å². The van der Waals surface area contributed by atoms with Crippen molar-refractivity contribution in [2.45, 2.75) is 19.3 Å². The van der Waals surface area contributed by atoms with Gasteiger partial charge in [-0.1, -0.05) is 30.3 Å². The second-order valence-corrected chi connectivity index (χ2v) is 6.50. The molecule has 0 spiro atoms. The fraction of sp³-hybridized carbons (Fsp3) is 0.267. The third-order valence-corrected chi connectivity index (χ3v) is 4.23. The predicted octanol–water partition coefficient (Wildman–Crippen LogP) is 1.90. The summed E-state index contributed by atoms with van der Waals surface area (Å²) in [5.74, 6) is 0.0371. The maximum Gasteiger partial charge on any atom is 0.235 e. The van der Waals surface area contributed by atoms with Gasteiger partial charge >= 0.3 is 0 Å². The van der Waals surface area contributed by atoms with Crippen molar-refractivity contribution < 1.29 is 17.6 Å². The molecule has 0 aliphatic carbocycles. The number of benzene rings is 1. The molecule has 2 aromatic rings. The topological polar surface area (TPSA) is 76.4 Å². The normalized spacial score (nSPS) is 11.2. The molecule has 6 heteroatoms. The SMILES string of the molecule is O=C(CCc1ccco1)NS(=O)(=O)CCc1ccccc1. The number of rotatable bonds is 7. The van der Waals surface area contributed by atoms with Crippen LogP contribution in [-0.2, 0) is 27.7 Å². The molecule has 0 aliphatic rings. The Balaban J connectivity index is 1.78. The van der Waals surface area contributed by atoms with E-state index >= 15 is 0 Å². The molecule has 0 bridgehead atoms. The van der Waals surface area contributed by atoms with Crippen LogP contribution in [-0.4, -0.2) is 20.1 Å². The van der Waals surface area contributed by atoms with Gasteiger partial charge in [-0.15, -0.1) is 0 Å². The lowest BCUT2D eigenvalue weighted by Crippen LogP contribution is -2.33. The summed E-state index contributed by atoms with van der Waals surface area (Å²) in [6.07, 6.45) is 2.36. The van der Waals surface area contributed by atoms with Gasteiger partial charge in [0.05, 0.1) is 12.0 Å². The Morgan fingerprint density at radius 3 is 2.48 bits per heavy atom. The molecule has 0 atom stereocenters. The minimum Gasteiger partial charge on any atom is -0.469 e. The number of hydrogen-bond donors (Lipinski definition) is 1. The largest absolute Gasteiger partial charge is 0.469 e. The Kier molecular flexibility index (Phi) is 5.16. The maximum atomic E-state index is 11.8. The van der Waals surface area contributed by atoms with Crippen LogP contribution in [0.3, 0.4) is 0 Å². The van der Waals surface area contributed by atoms with Crippen LogP contribution < -0.4 is 4.72 Å². The molecule has 1 aromatic carbocycles. The summed E-state index contributed by atoms with van der Waals surface area (Å²) < 4.78 is 30.8. The fourth-order valence-corrected chi connectivity index (χ4v) is 2.92. The van der Waals surface area contributed by atoms with Gasteiger partial charge in [-0.2, -0.15) is 0 Å². The third kappa shape index (κ3) is 5.43. The van der Waals surface area contributed by atoms with Crippen molar-refractivity contribution in [1.29, 1.82) is 0 Å². The summed E-state index contributed by atoms with van der Waals surface area (Å²) in [6.45, 7) is 0. The van der Waals surface area contributed by atoms with Gasteiger partial charge < -0.3 is 4.42 Å². The highest BCUT2D eigenvalue weighted by Gasteiger charge is 2.14. The van der Waals surface area contributed by atoms with Crippen molar-refractivity contribution in [2.75, 3.05) is 5.75 Å². The van der Waals surface area contributed by atoms with Gasteiger partial charge in [0.15, 0.2) is 0 Å². The van der Waals surface area contributed by atoms with E-state index in [4.69, 9.17) is 4.42 Å². The van der Waals surface area contributed by atoms with Gasteiger partial charge in [0.1, 0.15) is 5.76 Å². The summed E-state index contributed by atoms with van der Waals surface area (Å²) in [5, 5.41) is 0. The van der Waals surface area contributed by atoms with Crippen LogP contribution in [0, 0.1) is 0 Å². The highest BCUT2D eigenvalue weighted by Crippen LogP contribution is 2.04. The number of sulfonamides is 1. The zero-order valence-corrected chi connectivity index (χ0v) is 12.3. The molecule has 0 fully saturated rings. The van der Waals surface area contributed by atoms with Crippen molar-refractivity contribution >= 4 is 15.9 Å². The number of carbonyl (C=O) groups excluding carboxylic acids is 1. The lowest BCUT2D eigenvalue weighted by atomic mass is 10.2. The summed E-state index contributed by atoms with van der Waals surface area (Å²) in [7, 11) is -3.60. The summed E-state index contributed by atoms with van der Waals surface area (Å²) in [5.41, 5.74) is 0.922. The van der Waals surface area contributed by atoms with Crippen LogP contribution >= 0.6 is 0 Å². The fourth-order valence-electron chi connectivity index (χ4n) is 1.86. The molecule has 112 valence electrons. The van der Waals surface area contributed by atoms with Crippen molar-refractivity contribution in [3.63, 3.8) is 0 Å². The molecule has 21 heavy (non-hydrogen) atoms. The molecule has 0 radical (unpaired) electrons. The average molecular weight is 307 g/mol. The van der Waals surface area contributed by atoms with Crippen LogP contribution in [0.4, 0.5) is 0 Å². The Labute approximate surface area is 124 Å². The first-order valence-corrected chi connectivity index (χ1v) is 8.30. The number of hydrogen-bond acceptors (Lipinski definition) is 4. The van der Waals surface area contributed by atoms with Gasteiger partial charge in [0.2, 0.25) is 15.9 Å². The molecule has 0 unspecified atom stereocenters. The van der Waals surface area contributed by atoms with E-state index in [0.717, 1.165) is 5.56 Å². The van der Waals surface area contributed by atoms with Gasteiger partial charge in [-0.3, -0.25) is 9.52 Å². The zero-order valence-electron chi connectivity index (χ0n) is 11.5. The van der Waals surface area contributed by atoms with Gasteiger partial charge in [-0.05, 0) is 24.1 Å². The van der Waals surface area contributed by atoms with E-state index in [2.05, 4.69) is 4.72 Å². The van der Waals surface area contributed by atoms with E-state index in [1.54, 1.807) is 12.1 Å². The van der Waals surface area contributed by atoms with Crippen molar-refractivity contribution in [2.24, 2.45) is 0 Å². The van der Waals surface area contributed by atoms with E-state index in [-0.39, 0.29) is 12.2 Å². The van der Waals surface area contributed by atoms with E-state index < -0.39 is 15.9 Å². The van der Waals surface area contributed by atoms with Crippen LogP contribution in [0.5, 0.6) is 0 Å².